The highest BCUT2D eigenvalue weighted by molar-refractivity contribution is 7.15. The van der Waals surface area contributed by atoms with Gasteiger partial charge < -0.3 is 19.8 Å². The van der Waals surface area contributed by atoms with E-state index in [2.05, 4.69) is 10.1 Å². The van der Waals surface area contributed by atoms with Crippen molar-refractivity contribution in [3.05, 3.63) is 29.2 Å². The third-order valence-corrected chi connectivity index (χ3v) is 6.50. The Kier molecular flexibility index (Phi) is 4.58. The molecule has 29 heavy (non-hydrogen) atoms. The second kappa shape index (κ2) is 6.85. The standard InChI is InChI=1S/C18H20N4O6S/c1-8-10(15(17(25)26)22-14(8)13(9(2)23)16(22)24)4-20-5-12-21(7-20)11(6-29-12)19-18(27)28-3/h5-9,13-14,23H,4H2,1-3H3,(H-,19,25,26,27)/p+1/t8-,9+,13+,14+/m0/s1. The summed E-state index contributed by atoms with van der Waals surface area (Å²) in [5.74, 6) is -1.75. The van der Waals surface area contributed by atoms with Crippen LogP contribution in [0, 0.1) is 11.8 Å². The van der Waals surface area contributed by atoms with Crippen LogP contribution in [0.5, 0.6) is 0 Å². The molecule has 1 saturated heterocycles. The number of aliphatic carboxylic acids is 1. The van der Waals surface area contributed by atoms with E-state index in [9.17, 15) is 24.6 Å². The van der Waals surface area contributed by atoms with Gasteiger partial charge in [0.2, 0.25) is 16.6 Å². The number of rotatable bonds is 5. The normalized spacial score (nSPS) is 24.5. The molecule has 0 saturated carbocycles. The summed E-state index contributed by atoms with van der Waals surface area (Å²) in [5, 5.41) is 24.0. The molecule has 4 heterocycles. The van der Waals surface area contributed by atoms with Crippen molar-refractivity contribution in [2.75, 3.05) is 12.4 Å². The highest BCUT2D eigenvalue weighted by Crippen LogP contribution is 2.47. The van der Waals surface area contributed by atoms with Gasteiger partial charge in [0.1, 0.15) is 18.4 Å². The molecular formula is C18H21N4O6S+. The van der Waals surface area contributed by atoms with Crippen LogP contribution in [0.1, 0.15) is 13.8 Å². The monoisotopic (exact) mass is 421 g/mol. The molecule has 2 aliphatic heterocycles. The van der Waals surface area contributed by atoms with Crippen LogP contribution in [-0.2, 0) is 20.9 Å². The number of carbonyl (C=O) groups is 3. The van der Waals surface area contributed by atoms with E-state index in [0.717, 1.165) is 4.83 Å². The summed E-state index contributed by atoms with van der Waals surface area (Å²) < 4.78 is 8.20. The average Bonchev–Trinajstić information content (AvgIpc) is 3.28. The fourth-order valence-corrected chi connectivity index (χ4v) is 5.13. The van der Waals surface area contributed by atoms with Gasteiger partial charge in [-0.05, 0) is 6.92 Å². The number of hydrogen-bond donors (Lipinski definition) is 3. The maximum absolute atomic E-state index is 12.4. The topological polar surface area (TPSA) is 124 Å². The van der Waals surface area contributed by atoms with E-state index in [1.807, 2.05) is 17.7 Å². The fourth-order valence-electron chi connectivity index (χ4n) is 4.27. The summed E-state index contributed by atoms with van der Waals surface area (Å²) in [6, 6.07) is -0.343. The van der Waals surface area contributed by atoms with Crippen LogP contribution in [0.25, 0.3) is 4.83 Å². The second-order valence-corrected chi connectivity index (χ2v) is 8.19. The van der Waals surface area contributed by atoms with E-state index < -0.39 is 24.1 Å². The molecule has 10 nitrogen and oxygen atoms in total. The number of aliphatic hydroxyl groups is 1. The number of imidazole rings is 1. The van der Waals surface area contributed by atoms with Crippen LogP contribution in [0.15, 0.2) is 29.2 Å². The molecule has 2 amide bonds. The maximum Gasteiger partial charge on any atom is 0.414 e. The number of nitrogens with one attached hydrogen (secondary N) is 1. The molecule has 0 aromatic carbocycles. The third-order valence-electron chi connectivity index (χ3n) is 5.61. The average molecular weight is 421 g/mol. The van der Waals surface area contributed by atoms with Crippen LogP contribution in [-0.4, -0.2) is 56.7 Å². The van der Waals surface area contributed by atoms with E-state index in [1.54, 1.807) is 23.0 Å². The molecule has 4 atom stereocenters. The Hall–Kier alpha value is -2.92. The summed E-state index contributed by atoms with van der Waals surface area (Å²) in [6.45, 7) is 3.72. The largest absolute Gasteiger partial charge is 0.477 e. The number of anilines is 1. The van der Waals surface area contributed by atoms with Crippen LogP contribution in [0.2, 0.25) is 0 Å². The molecule has 11 heteroatoms. The molecule has 0 radical (unpaired) electrons. The summed E-state index contributed by atoms with van der Waals surface area (Å²) in [5.41, 5.74) is 0.629. The van der Waals surface area contributed by atoms with Crippen molar-refractivity contribution in [1.29, 1.82) is 0 Å². The van der Waals surface area contributed by atoms with Gasteiger partial charge >= 0.3 is 12.1 Å². The first-order valence-corrected chi connectivity index (χ1v) is 9.93. The van der Waals surface area contributed by atoms with Gasteiger partial charge in [-0.25, -0.2) is 14.2 Å². The van der Waals surface area contributed by atoms with Crippen LogP contribution in [0.3, 0.4) is 0 Å². The Labute approximate surface area is 169 Å². The number of nitrogens with zero attached hydrogens (tertiary/aromatic N) is 3. The van der Waals surface area contributed by atoms with Crippen molar-refractivity contribution in [1.82, 2.24) is 9.30 Å². The van der Waals surface area contributed by atoms with Crippen LogP contribution in [0.4, 0.5) is 10.6 Å². The first-order chi connectivity index (χ1) is 13.7. The van der Waals surface area contributed by atoms with Crippen LogP contribution < -0.4 is 9.88 Å². The number of carboxylic acids is 1. The lowest BCUT2D eigenvalue weighted by Gasteiger charge is -2.46. The number of carboxylic acid groups (broad SMARTS) is 1. The molecule has 0 spiro atoms. The van der Waals surface area contributed by atoms with Gasteiger partial charge in [-0.1, -0.05) is 18.3 Å². The highest BCUT2D eigenvalue weighted by Gasteiger charge is 2.60. The number of fused-ring (bicyclic) bond motifs is 2. The molecule has 0 aliphatic carbocycles. The Morgan fingerprint density at radius 2 is 2.17 bits per heavy atom. The number of carbonyl (C=O) groups excluding carboxylic acids is 2. The molecule has 2 aromatic heterocycles. The van der Waals surface area contributed by atoms with E-state index in [-0.39, 0.29) is 30.1 Å². The number of aliphatic hydroxyl groups excluding tert-OH is 1. The third kappa shape index (κ3) is 2.88. The predicted molar refractivity (Wildman–Crippen MR) is 101 cm³/mol. The van der Waals surface area contributed by atoms with Crippen molar-refractivity contribution in [3.63, 3.8) is 0 Å². The van der Waals surface area contributed by atoms with E-state index in [0.29, 0.717) is 11.4 Å². The Morgan fingerprint density at radius 1 is 1.45 bits per heavy atom. The SMILES string of the molecule is COC(=O)Nc1csc2c[n+](CC3=C(C(=O)O)N4C(=O)[C@H]([C@@H](C)O)[C@H]4[C@H]3C)cn12. The summed E-state index contributed by atoms with van der Waals surface area (Å²) >= 11 is 1.41. The molecule has 2 aliphatic rings. The predicted octanol–water partition coefficient (Wildman–Crippen LogP) is 0.663. The number of aromatic nitrogens is 2. The smallest absolute Gasteiger partial charge is 0.414 e. The highest BCUT2D eigenvalue weighted by atomic mass is 32.1. The lowest BCUT2D eigenvalue weighted by Crippen LogP contribution is -2.63. The number of ether oxygens (including phenoxy) is 1. The van der Waals surface area contributed by atoms with Gasteiger partial charge in [0, 0.05) is 11.5 Å². The second-order valence-electron chi connectivity index (χ2n) is 7.30. The van der Waals surface area contributed by atoms with Crippen LogP contribution >= 0.6 is 11.3 Å². The molecule has 0 bridgehead atoms. The Bertz CT molecular complexity index is 1050. The number of methoxy groups -OCH3 is 1. The zero-order chi connectivity index (χ0) is 21.0. The zero-order valence-corrected chi connectivity index (χ0v) is 16.8. The molecule has 154 valence electrons. The minimum absolute atomic E-state index is 0.000589. The minimum atomic E-state index is -1.15. The molecule has 0 unspecified atom stereocenters. The quantitative estimate of drug-likeness (QED) is 0.481. The number of β-lactam (4-membered cyclic amide) rings is 1. The van der Waals surface area contributed by atoms with E-state index in [1.165, 1.54) is 23.3 Å². The fraction of sp³-hybridized carbons (Fsp3) is 0.444. The van der Waals surface area contributed by atoms with Gasteiger partial charge in [0.05, 0.1) is 30.6 Å². The first kappa shape index (κ1) is 19.4. The van der Waals surface area contributed by atoms with Crippen molar-refractivity contribution < 1.29 is 33.9 Å². The lowest BCUT2D eigenvalue weighted by atomic mass is 9.78. The Morgan fingerprint density at radius 3 is 2.79 bits per heavy atom. The maximum atomic E-state index is 12.4. The summed E-state index contributed by atoms with van der Waals surface area (Å²) in [4.78, 5) is 38.0. The molecule has 2 aromatic rings. The number of amides is 2. The number of thiazole rings is 1. The van der Waals surface area contributed by atoms with Crippen molar-refractivity contribution in [2.24, 2.45) is 11.8 Å². The lowest BCUT2D eigenvalue weighted by molar-refractivity contribution is -0.688. The van der Waals surface area contributed by atoms with Gasteiger partial charge in [0.15, 0.2) is 0 Å². The summed E-state index contributed by atoms with van der Waals surface area (Å²) in [6.07, 6.45) is 2.17. The van der Waals surface area contributed by atoms with Gasteiger partial charge in [-0.2, -0.15) is 4.40 Å². The Balaban J connectivity index is 1.66. The molecule has 3 N–H and O–H groups in total. The first-order valence-electron chi connectivity index (χ1n) is 9.05. The van der Waals surface area contributed by atoms with Gasteiger partial charge in [-0.3, -0.25) is 10.1 Å². The van der Waals surface area contributed by atoms with Crippen molar-refractivity contribution in [3.8, 4) is 0 Å². The van der Waals surface area contributed by atoms with E-state index in [4.69, 9.17) is 0 Å². The van der Waals surface area contributed by atoms with Gasteiger partial charge in [0.25, 0.3) is 6.33 Å². The molecule has 1 fully saturated rings. The molecule has 4 rings (SSSR count). The molecular weight excluding hydrogens is 400 g/mol. The van der Waals surface area contributed by atoms with Gasteiger partial charge in [-0.15, -0.1) is 0 Å². The van der Waals surface area contributed by atoms with E-state index >= 15 is 0 Å². The summed E-state index contributed by atoms with van der Waals surface area (Å²) in [7, 11) is 1.28. The zero-order valence-electron chi connectivity index (χ0n) is 16.0. The minimum Gasteiger partial charge on any atom is -0.477 e. The van der Waals surface area contributed by atoms with Crippen molar-refractivity contribution in [2.45, 2.75) is 32.5 Å². The number of hydrogen-bond acceptors (Lipinski definition) is 6. The van der Waals surface area contributed by atoms with Crippen molar-refractivity contribution >= 4 is 40.0 Å².